The number of imidazole rings is 1. The quantitative estimate of drug-likeness (QED) is 0.733. The van der Waals surface area contributed by atoms with Gasteiger partial charge in [-0.1, -0.05) is 12.1 Å². The molecule has 0 aliphatic carbocycles. The van der Waals surface area contributed by atoms with Crippen LogP contribution in [0.15, 0.2) is 49.1 Å². The minimum absolute atomic E-state index is 0.440. The van der Waals surface area contributed by atoms with E-state index in [9.17, 15) is 0 Å². The summed E-state index contributed by atoms with van der Waals surface area (Å²) in [5.41, 5.74) is 7.41. The van der Waals surface area contributed by atoms with Crippen LogP contribution in [0.1, 0.15) is 0 Å². The molecule has 0 saturated carbocycles. The summed E-state index contributed by atoms with van der Waals surface area (Å²) in [4.78, 5) is 12.8. The summed E-state index contributed by atoms with van der Waals surface area (Å²) in [7, 11) is 1.56. The zero-order chi connectivity index (χ0) is 13.9. The highest BCUT2D eigenvalue weighted by atomic mass is 16.5. The van der Waals surface area contributed by atoms with Gasteiger partial charge < -0.3 is 10.5 Å². The van der Waals surface area contributed by atoms with Crippen LogP contribution in [-0.2, 0) is 0 Å². The van der Waals surface area contributed by atoms with Crippen LogP contribution in [0.2, 0.25) is 0 Å². The summed E-state index contributed by atoms with van der Waals surface area (Å²) in [6.07, 6.45) is 6.71. The van der Waals surface area contributed by atoms with Gasteiger partial charge in [-0.05, 0) is 12.1 Å². The average molecular weight is 267 g/mol. The van der Waals surface area contributed by atoms with Gasteiger partial charge in [0.1, 0.15) is 5.82 Å². The minimum atomic E-state index is 0.440. The zero-order valence-electron chi connectivity index (χ0n) is 10.9. The first-order valence-corrected chi connectivity index (χ1v) is 6.04. The molecule has 20 heavy (non-hydrogen) atoms. The van der Waals surface area contributed by atoms with Gasteiger partial charge in [0.15, 0.2) is 0 Å². The Morgan fingerprint density at radius 3 is 2.75 bits per heavy atom. The van der Waals surface area contributed by atoms with Crippen LogP contribution in [-0.4, -0.2) is 26.6 Å². The van der Waals surface area contributed by atoms with E-state index in [1.54, 1.807) is 25.7 Å². The fourth-order valence-electron chi connectivity index (χ4n) is 1.99. The summed E-state index contributed by atoms with van der Waals surface area (Å²) in [6, 6.07) is 7.52. The van der Waals surface area contributed by atoms with Crippen LogP contribution in [0.4, 0.5) is 5.69 Å². The molecular formula is C14H13N5O. The molecule has 0 bridgehead atoms. The Balaban J connectivity index is 2.15. The first kappa shape index (κ1) is 12.2. The number of nitrogen functional groups attached to an aromatic ring is 1. The number of rotatable bonds is 3. The topological polar surface area (TPSA) is 78.9 Å². The Morgan fingerprint density at radius 1 is 1.10 bits per heavy atom. The van der Waals surface area contributed by atoms with Crippen molar-refractivity contribution in [2.75, 3.05) is 12.8 Å². The number of aromatic nitrogens is 4. The molecule has 0 spiro atoms. The van der Waals surface area contributed by atoms with Gasteiger partial charge in [0.2, 0.25) is 5.82 Å². The van der Waals surface area contributed by atoms with E-state index in [2.05, 4.69) is 15.0 Å². The molecule has 0 radical (unpaired) electrons. The lowest BCUT2D eigenvalue weighted by Gasteiger charge is -2.10. The van der Waals surface area contributed by atoms with Crippen molar-refractivity contribution in [1.82, 2.24) is 19.5 Å². The second-order valence-electron chi connectivity index (χ2n) is 4.14. The molecule has 1 aromatic carbocycles. The van der Waals surface area contributed by atoms with Crippen LogP contribution in [0.25, 0.3) is 17.2 Å². The van der Waals surface area contributed by atoms with E-state index >= 15 is 0 Å². The normalized spacial score (nSPS) is 10.4. The van der Waals surface area contributed by atoms with E-state index in [1.165, 1.54) is 0 Å². The van der Waals surface area contributed by atoms with Gasteiger partial charge in [0.05, 0.1) is 7.11 Å². The Labute approximate surface area is 115 Å². The summed E-state index contributed by atoms with van der Waals surface area (Å²) >= 11 is 0. The highest BCUT2D eigenvalue weighted by Gasteiger charge is 2.13. The van der Waals surface area contributed by atoms with Gasteiger partial charge in [-0.15, -0.1) is 0 Å². The molecule has 0 aliphatic rings. The van der Waals surface area contributed by atoms with Crippen molar-refractivity contribution in [3.63, 3.8) is 0 Å². The maximum absolute atomic E-state index is 5.82. The Hall–Kier alpha value is -2.89. The Bertz CT molecular complexity index is 738. The number of methoxy groups -OCH3 is 1. The first-order valence-electron chi connectivity index (χ1n) is 6.04. The van der Waals surface area contributed by atoms with Crippen LogP contribution in [0.5, 0.6) is 5.88 Å². The molecular weight excluding hydrogens is 254 g/mol. The van der Waals surface area contributed by atoms with E-state index in [0.29, 0.717) is 17.4 Å². The molecule has 3 rings (SSSR count). The molecule has 2 heterocycles. The minimum Gasteiger partial charge on any atom is -0.478 e. The number of ether oxygens (including phenoxy) is 1. The molecule has 0 atom stereocenters. The third-order valence-electron chi connectivity index (χ3n) is 2.85. The molecule has 2 N–H and O–H groups in total. The molecule has 3 aromatic rings. The lowest BCUT2D eigenvalue weighted by Crippen LogP contribution is -2.03. The van der Waals surface area contributed by atoms with Crippen molar-refractivity contribution in [3.8, 4) is 23.1 Å². The standard InChI is InChI=1S/C14H13N5O/c1-20-14-13(16-5-6-18-14)19-8-7-17-12(19)10-3-2-4-11(15)9-10/h2-9H,15H2,1H3. The van der Waals surface area contributed by atoms with E-state index in [4.69, 9.17) is 10.5 Å². The van der Waals surface area contributed by atoms with E-state index in [1.807, 2.05) is 35.0 Å². The SMILES string of the molecule is COc1nccnc1-n1ccnc1-c1cccc(N)c1. The van der Waals surface area contributed by atoms with Gasteiger partial charge in [0, 0.05) is 36.0 Å². The smallest absolute Gasteiger partial charge is 0.258 e. The summed E-state index contributed by atoms with van der Waals surface area (Å²) in [6.45, 7) is 0. The maximum atomic E-state index is 5.82. The molecule has 0 aliphatic heterocycles. The highest BCUT2D eigenvalue weighted by Crippen LogP contribution is 2.25. The molecule has 2 aromatic heterocycles. The molecule has 0 saturated heterocycles. The van der Waals surface area contributed by atoms with Gasteiger partial charge in [-0.2, -0.15) is 0 Å². The molecule has 6 heteroatoms. The van der Waals surface area contributed by atoms with Crippen molar-refractivity contribution in [1.29, 1.82) is 0 Å². The second kappa shape index (κ2) is 5.00. The first-order chi connectivity index (χ1) is 9.79. The van der Waals surface area contributed by atoms with Crippen molar-refractivity contribution in [2.45, 2.75) is 0 Å². The van der Waals surface area contributed by atoms with Crippen LogP contribution in [0.3, 0.4) is 0 Å². The molecule has 6 nitrogen and oxygen atoms in total. The van der Waals surface area contributed by atoms with Crippen LogP contribution < -0.4 is 10.5 Å². The van der Waals surface area contributed by atoms with E-state index in [-0.39, 0.29) is 0 Å². The lowest BCUT2D eigenvalue weighted by atomic mass is 10.2. The van der Waals surface area contributed by atoms with Gasteiger partial charge in [-0.3, -0.25) is 4.57 Å². The molecule has 0 amide bonds. The van der Waals surface area contributed by atoms with Gasteiger partial charge in [0.25, 0.3) is 5.88 Å². The fourth-order valence-corrected chi connectivity index (χ4v) is 1.99. The van der Waals surface area contributed by atoms with Crippen LogP contribution >= 0.6 is 0 Å². The zero-order valence-corrected chi connectivity index (χ0v) is 10.9. The summed E-state index contributed by atoms with van der Waals surface area (Å²) in [5, 5.41) is 0. The van der Waals surface area contributed by atoms with Crippen molar-refractivity contribution in [2.24, 2.45) is 0 Å². The maximum Gasteiger partial charge on any atom is 0.258 e. The number of hydrogen-bond donors (Lipinski definition) is 1. The lowest BCUT2D eigenvalue weighted by molar-refractivity contribution is 0.393. The van der Waals surface area contributed by atoms with Crippen molar-refractivity contribution < 1.29 is 4.74 Å². The fraction of sp³-hybridized carbons (Fsp3) is 0.0714. The molecule has 0 unspecified atom stereocenters. The summed E-state index contributed by atoms with van der Waals surface area (Å²) in [5.74, 6) is 1.76. The van der Waals surface area contributed by atoms with Crippen LogP contribution in [0, 0.1) is 0 Å². The van der Waals surface area contributed by atoms with Crippen molar-refractivity contribution >= 4 is 5.69 Å². The predicted molar refractivity (Wildman–Crippen MR) is 75.6 cm³/mol. The largest absolute Gasteiger partial charge is 0.478 e. The van der Waals surface area contributed by atoms with E-state index < -0.39 is 0 Å². The molecule has 0 fully saturated rings. The number of nitrogens with two attached hydrogens (primary N) is 1. The Morgan fingerprint density at radius 2 is 1.95 bits per heavy atom. The average Bonchev–Trinajstić information content (AvgIpc) is 2.96. The van der Waals surface area contributed by atoms with Crippen molar-refractivity contribution in [3.05, 3.63) is 49.1 Å². The van der Waals surface area contributed by atoms with Gasteiger partial charge in [-0.25, -0.2) is 15.0 Å². The number of nitrogens with zero attached hydrogens (tertiary/aromatic N) is 4. The number of hydrogen-bond acceptors (Lipinski definition) is 5. The second-order valence-corrected chi connectivity index (χ2v) is 4.14. The Kier molecular flexibility index (Phi) is 3.04. The monoisotopic (exact) mass is 267 g/mol. The third-order valence-corrected chi connectivity index (χ3v) is 2.85. The number of benzene rings is 1. The number of anilines is 1. The van der Waals surface area contributed by atoms with E-state index in [0.717, 1.165) is 11.4 Å². The van der Waals surface area contributed by atoms with Gasteiger partial charge >= 0.3 is 0 Å². The molecule has 100 valence electrons. The predicted octanol–water partition coefficient (Wildman–Crippen LogP) is 1.92. The summed E-state index contributed by atoms with van der Waals surface area (Å²) < 4.78 is 7.06. The highest BCUT2D eigenvalue weighted by molar-refractivity contribution is 5.63. The third kappa shape index (κ3) is 2.07.